The molecule has 0 aliphatic carbocycles. The molecular weight excluding hydrogens is 337 g/mol. The third-order valence-corrected chi connectivity index (χ3v) is 3.04. The van der Waals surface area contributed by atoms with Crippen LogP contribution in [0.3, 0.4) is 0 Å². The van der Waals surface area contributed by atoms with Crippen molar-refractivity contribution in [2.45, 2.75) is 6.18 Å². The second kappa shape index (κ2) is 5.68. The van der Waals surface area contributed by atoms with Gasteiger partial charge in [-0.05, 0) is 24.3 Å². The molecule has 0 fully saturated rings. The van der Waals surface area contributed by atoms with Crippen molar-refractivity contribution < 1.29 is 17.9 Å². The van der Waals surface area contributed by atoms with Gasteiger partial charge >= 0.3 is 6.18 Å². The number of ether oxygens (including phenoxy) is 1. The Morgan fingerprint density at radius 3 is 2.25 bits per heavy atom. The first-order chi connectivity index (χ1) is 9.27. The summed E-state index contributed by atoms with van der Waals surface area (Å²) >= 11 is 17.3. The predicted octanol–water partition coefficient (Wildman–Crippen LogP) is 5.85. The summed E-state index contributed by atoms with van der Waals surface area (Å²) in [6.45, 7) is 0. The fourth-order valence-corrected chi connectivity index (χ4v) is 1.97. The van der Waals surface area contributed by atoms with Crippen LogP contribution in [0.4, 0.5) is 13.2 Å². The highest BCUT2D eigenvalue weighted by Crippen LogP contribution is 2.36. The summed E-state index contributed by atoms with van der Waals surface area (Å²) in [5.74, 6) is 0.00844. The minimum Gasteiger partial charge on any atom is -0.436 e. The number of hydrogen-bond acceptors (Lipinski definition) is 2. The molecule has 0 unspecified atom stereocenters. The third kappa shape index (κ3) is 3.48. The van der Waals surface area contributed by atoms with Gasteiger partial charge in [0.25, 0.3) is 0 Å². The van der Waals surface area contributed by atoms with Crippen LogP contribution in [0, 0.1) is 0 Å². The molecule has 0 radical (unpaired) electrons. The molecular formula is C12H5Cl3F3NO. The van der Waals surface area contributed by atoms with Crippen molar-refractivity contribution in [1.29, 1.82) is 0 Å². The topological polar surface area (TPSA) is 22.1 Å². The molecule has 0 spiro atoms. The average molecular weight is 343 g/mol. The van der Waals surface area contributed by atoms with E-state index in [1.807, 2.05) is 0 Å². The van der Waals surface area contributed by atoms with Crippen LogP contribution in [0.5, 0.6) is 11.6 Å². The molecule has 0 aliphatic heterocycles. The van der Waals surface area contributed by atoms with Crippen LogP contribution >= 0.6 is 34.8 Å². The largest absolute Gasteiger partial charge is 0.436 e. The summed E-state index contributed by atoms with van der Waals surface area (Å²) in [6.07, 6.45) is -3.89. The zero-order valence-electron chi connectivity index (χ0n) is 9.51. The molecule has 0 saturated heterocycles. The van der Waals surface area contributed by atoms with E-state index in [9.17, 15) is 13.2 Å². The summed E-state index contributed by atoms with van der Waals surface area (Å²) in [6, 6.07) is 5.13. The highest BCUT2D eigenvalue weighted by Gasteiger charge is 2.31. The second-order valence-corrected chi connectivity index (χ2v) is 4.94. The predicted molar refractivity (Wildman–Crippen MR) is 70.8 cm³/mol. The van der Waals surface area contributed by atoms with E-state index in [0.29, 0.717) is 11.2 Å². The molecule has 0 N–H and O–H groups in total. The molecule has 2 nitrogen and oxygen atoms in total. The van der Waals surface area contributed by atoms with E-state index in [1.165, 1.54) is 18.2 Å². The van der Waals surface area contributed by atoms with Gasteiger partial charge in [-0.2, -0.15) is 13.2 Å². The van der Waals surface area contributed by atoms with E-state index >= 15 is 0 Å². The maximum absolute atomic E-state index is 12.5. The van der Waals surface area contributed by atoms with Crippen LogP contribution in [0.15, 0.2) is 30.5 Å². The fourth-order valence-electron chi connectivity index (χ4n) is 1.32. The lowest BCUT2D eigenvalue weighted by molar-refractivity contribution is -0.137. The van der Waals surface area contributed by atoms with Gasteiger partial charge in [0.2, 0.25) is 5.88 Å². The molecule has 0 aliphatic rings. The van der Waals surface area contributed by atoms with Crippen molar-refractivity contribution in [3.05, 3.63) is 51.1 Å². The summed E-state index contributed by atoms with van der Waals surface area (Å²) in [5, 5.41) is 0.315. The van der Waals surface area contributed by atoms with Crippen molar-refractivity contribution >= 4 is 34.8 Å². The molecule has 1 aromatic carbocycles. The smallest absolute Gasteiger partial charge is 0.417 e. The minimum absolute atomic E-state index is 0.177. The Morgan fingerprint density at radius 2 is 1.70 bits per heavy atom. The first-order valence-electron chi connectivity index (χ1n) is 5.13. The molecule has 0 saturated carbocycles. The molecule has 1 heterocycles. The summed E-state index contributed by atoms with van der Waals surface area (Å²) < 4.78 is 42.6. The number of pyridine rings is 1. The van der Waals surface area contributed by atoms with E-state index in [2.05, 4.69) is 4.98 Å². The number of aromatic nitrogens is 1. The highest BCUT2D eigenvalue weighted by molar-refractivity contribution is 6.35. The Labute approximate surface area is 127 Å². The van der Waals surface area contributed by atoms with Crippen molar-refractivity contribution in [3.63, 3.8) is 0 Å². The van der Waals surface area contributed by atoms with Crippen LogP contribution in [0.2, 0.25) is 15.1 Å². The van der Waals surface area contributed by atoms with Crippen molar-refractivity contribution in [1.82, 2.24) is 4.98 Å². The Kier molecular flexibility index (Phi) is 4.32. The average Bonchev–Trinajstić information content (AvgIpc) is 2.33. The molecule has 8 heteroatoms. The molecule has 0 bridgehead atoms. The molecule has 106 valence electrons. The van der Waals surface area contributed by atoms with Gasteiger partial charge in [0.1, 0.15) is 10.8 Å². The van der Waals surface area contributed by atoms with E-state index < -0.39 is 11.7 Å². The van der Waals surface area contributed by atoms with Crippen molar-refractivity contribution in [2.75, 3.05) is 0 Å². The Balaban J connectivity index is 2.30. The molecule has 0 atom stereocenters. The van der Waals surface area contributed by atoms with Gasteiger partial charge in [-0.1, -0.05) is 34.8 Å². The number of alkyl halides is 3. The second-order valence-electron chi connectivity index (χ2n) is 3.69. The molecule has 2 aromatic rings. The number of halogens is 6. The maximum atomic E-state index is 12.5. The maximum Gasteiger partial charge on any atom is 0.417 e. The van der Waals surface area contributed by atoms with Crippen LogP contribution in [0.25, 0.3) is 0 Å². The molecule has 0 amide bonds. The molecule has 20 heavy (non-hydrogen) atoms. The van der Waals surface area contributed by atoms with Gasteiger partial charge in [-0.15, -0.1) is 0 Å². The van der Waals surface area contributed by atoms with Gasteiger partial charge in [0.05, 0.1) is 10.6 Å². The number of rotatable bonds is 2. The zero-order valence-corrected chi connectivity index (χ0v) is 11.8. The summed E-state index contributed by atoms with van der Waals surface area (Å²) in [4.78, 5) is 3.54. The first-order valence-corrected chi connectivity index (χ1v) is 6.26. The van der Waals surface area contributed by atoms with E-state index in [0.717, 1.165) is 6.07 Å². The van der Waals surface area contributed by atoms with Gasteiger partial charge < -0.3 is 4.74 Å². The van der Waals surface area contributed by atoms with Gasteiger partial charge in [0, 0.05) is 11.2 Å². The summed E-state index contributed by atoms with van der Waals surface area (Å²) in [7, 11) is 0. The number of hydrogen-bond donors (Lipinski definition) is 0. The standard InChI is InChI=1S/C12H5Cl3F3NO/c13-7-1-2-10(8(14)4-7)20-11-9(15)3-6(5-19-11)12(16,17)18/h1-5H. The van der Waals surface area contributed by atoms with Crippen molar-refractivity contribution in [3.8, 4) is 11.6 Å². The normalized spacial score (nSPS) is 11.5. The highest BCUT2D eigenvalue weighted by atomic mass is 35.5. The van der Waals surface area contributed by atoms with Crippen LogP contribution in [-0.4, -0.2) is 4.98 Å². The first kappa shape index (κ1) is 15.2. The van der Waals surface area contributed by atoms with Crippen LogP contribution in [0.1, 0.15) is 5.56 Å². The number of nitrogens with zero attached hydrogens (tertiary/aromatic N) is 1. The Bertz CT molecular complexity index is 646. The van der Waals surface area contributed by atoms with Crippen LogP contribution < -0.4 is 4.74 Å². The van der Waals surface area contributed by atoms with E-state index in [1.54, 1.807) is 0 Å². The van der Waals surface area contributed by atoms with Crippen molar-refractivity contribution in [2.24, 2.45) is 0 Å². The number of benzene rings is 1. The molecule has 1 aromatic heterocycles. The quantitative estimate of drug-likeness (QED) is 0.682. The Hall–Kier alpha value is -1.17. The SMILES string of the molecule is FC(F)(F)c1cnc(Oc2ccc(Cl)cc2Cl)c(Cl)c1. The van der Waals surface area contributed by atoms with Crippen LogP contribution in [-0.2, 0) is 6.18 Å². The molecule has 2 rings (SSSR count). The zero-order chi connectivity index (χ0) is 14.9. The Morgan fingerprint density at radius 1 is 1.00 bits per heavy atom. The third-order valence-electron chi connectivity index (χ3n) is 2.24. The summed E-state index contributed by atoms with van der Waals surface area (Å²) in [5.41, 5.74) is -0.961. The fraction of sp³-hybridized carbons (Fsp3) is 0.0833. The lowest BCUT2D eigenvalue weighted by Gasteiger charge is -2.11. The van der Waals surface area contributed by atoms with Gasteiger partial charge in [-0.25, -0.2) is 4.98 Å². The lowest BCUT2D eigenvalue weighted by Crippen LogP contribution is -2.05. The lowest BCUT2D eigenvalue weighted by atomic mass is 10.3. The van der Waals surface area contributed by atoms with Gasteiger partial charge in [-0.3, -0.25) is 0 Å². The van der Waals surface area contributed by atoms with E-state index in [4.69, 9.17) is 39.5 Å². The monoisotopic (exact) mass is 341 g/mol. The van der Waals surface area contributed by atoms with Gasteiger partial charge in [0.15, 0.2) is 0 Å². The minimum atomic E-state index is -4.52. The van der Waals surface area contributed by atoms with E-state index in [-0.39, 0.29) is 21.7 Å².